The summed E-state index contributed by atoms with van der Waals surface area (Å²) in [7, 11) is 0. The highest BCUT2D eigenvalue weighted by atomic mass is 32.1. The van der Waals surface area contributed by atoms with E-state index < -0.39 is 0 Å². The van der Waals surface area contributed by atoms with Crippen LogP contribution in [0.3, 0.4) is 0 Å². The Morgan fingerprint density at radius 2 is 2.21 bits per heavy atom. The summed E-state index contributed by atoms with van der Waals surface area (Å²) in [5, 5.41) is 11.7. The molecule has 142 valence electrons. The van der Waals surface area contributed by atoms with Gasteiger partial charge in [0.1, 0.15) is 17.5 Å². The van der Waals surface area contributed by atoms with E-state index in [4.69, 9.17) is 4.42 Å². The van der Waals surface area contributed by atoms with E-state index in [-0.39, 0.29) is 24.6 Å². The predicted molar refractivity (Wildman–Crippen MR) is 100 cm³/mol. The molecule has 0 atom stereocenters. The highest BCUT2D eigenvalue weighted by Crippen LogP contribution is 2.28. The number of thiazole rings is 1. The second kappa shape index (κ2) is 7.56. The number of aromatic nitrogens is 6. The molecule has 4 aromatic heterocycles. The molecular weight excluding hydrogens is 382 g/mol. The summed E-state index contributed by atoms with van der Waals surface area (Å²) in [6.07, 6.45) is 4.43. The number of carbonyl (C=O) groups is 1. The lowest BCUT2D eigenvalue weighted by molar-refractivity contribution is 0.0955. The van der Waals surface area contributed by atoms with Crippen molar-refractivity contribution < 1.29 is 9.21 Å². The lowest BCUT2D eigenvalue weighted by atomic mass is 10.3. The molecule has 0 aliphatic heterocycles. The number of furan rings is 1. The molecule has 0 radical (unpaired) electrons. The van der Waals surface area contributed by atoms with Crippen LogP contribution >= 0.6 is 11.3 Å². The number of rotatable bonds is 6. The molecule has 10 nitrogen and oxygen atoms in total. The monoisotopic (exact) mass is 397 g/mol. The summed E-state index contributed by atoms with van der Waals surface area (Å²) in [5.41, 5.74) is 0.351. The summed E-state index contributed by atoms with van der Waals surface area (Å²) in [4.78, 5) is 33.2. The Morgan fingerprint density at radius 3 is 2.96 bits per heavy atom. The number of nitrogens with one attached hydrogen (secondary N) is 1. The highest BCUT2D eigenvalue weighted by Gasteiger charge is 2.17. The van der Waals surface area contributed by atoms with Gasteiger partial charge in [0.15, 0.2) is 16.6 Å². The highest BCUT2D eigenvalue weighted by molar-refractivity contribution is 7.17. The van der Waals surface area contributed by atoms with E-state index >= 15 is 0 Å². The van der Waals surface area contributed by atoms with Gasteiger partial charge in [-0.1, -0.05) is 0 Å². The van der Waals surface area contributed by atoms with Crippen molar-refractivity contribution in [3.8, 4) is 16.6 Å². The van der Waals surface area contributed by atoms with Gasteiger partial charge in [-0.15, -0.1) is 16.4 Å². The third-order valence-corrected chi connectivity index (χ3v) is 5.02. The van der Waals surface area contributed by atoms with Crippen molar-refractivity contribution in [2.75, 3.05) is 6.54 Å². The topological polar surface area (TPSA) is 121 Å². The van der Waals surface area contributed by atoms with Gasteiger partial charge in [0.2, 0.25) is 0 Å². The van der Waals surface area contributed by atoms with E-state index in [1.807, 2.05) is 0 Å². The molecule has 0 saturated heterocycles. The van der Waals surface area contributed by atoms with Crippen molar-refractivity contribution in [1.29, 1.82) is 0 Å². The average Bonchev–Trinajstić information content (AvgIpc) is 3.44. The summed E-state index contributed by atoms with van der Waals surface area (Å²) >= 11 is 1.26. The molecule has 0 aromatic carbocycles. The minimum atomic E-state index is -0.271. The van der Waals surface area contributed by atoms with Crippen LogP contribution in [-0.2, 0) is 6.54 Å². The average molecular weight is 397 g/mol. The second-order valence-corrected chi connectivity index (χ2v) is 6.76. The molecule has 4 rings (SSSR count). The van der Waals surface area contributed by atoms with Crippen molar-refractivity contribution in [3.63, 3.8) is 0 Å². The van der Waals surface area contributed by atoms with Crippen LogP contribution in [0.2, 0.25) is 0 Å². The van der Waals surface area contributed by atoms with Gasteiger partial charge in [0.25, 0.3) is 11.5 Å². The van der Waals surface area contributed by atoms with E-state index in [1.54, 1.807) is 31.4 Å². The molecule has 0 unspecified atom stereocenters. The Morgan fingerprint density at radius 1 is 1.32 bits per heavy atom. The first-order valence-corrected chi connectivity index (χ1v) is 9.16. The van der Waals surface area contributed by atoms with Crippen molar-refractivity contribution in [1.82, 2.24) is 34.8 Å². The number of aryl methyl sites for hydroxylation is 1. The van der Waals surface area contributed by atoms with Gasteiger partial charge in [0.05, 0.1) is 18.5 Å². The Labute approximate surface area is 162 Å². The summed E-state index contributed by atoms with van der Waals surface area (Å²) in [5.74, 6) is 0.825. The SMILES string of the molecule is Cc1nc(-c2ccco2)sc1C(=O)NCCn1nc(-n2cncn2)ccc1=O. The van der Waals surface area contributed by atoms with Gasteiger partial charge in [-0.2, -0.15) is 5.10 Å². The largest absolute Gasteiger partial charge is 0.462 e. The van der Waals surface area contributed by atoms with Crippen LogP contribution in [0, 0.1) is 6.92 Å². The van der Waals surface area contributed by atoms with Crippen molar-refractivity contribution >= 4 is 17.2 Å². The smallest absolute Gasteiger partial charge is 0.266 e. The molecule has 0 aliphatic rings. The summed E-state index contributed by atoms with van der Waals surface area (Å²) < 4.78 is 8.04. The maximum absolute atomic E-state index is 12.5. The number of amides is 1. The Balaban J connectivity index is 1.42. The van der Waals surface area contributed by atoms with Crippen molar-refractivity contribution in [2.45, 2.75) is 13.5 Å². The molecule has 28 heavy (non-hydrogen) atoms. The van der Waals surface area contributed by atoms with Gasteiger partial charge in [-0.05, 0) is 25.1 Å². The molecule has 1 amide bonds. The van der Waals surface area contributed by atoms with E-state index in [9.17, 15) is 9.59 Å². The van der Waals surface area contributed by atoms with Gasteiger partial charge in [0, 0.05) is 12.6 Å². The number of hydrogen-bond acceptors (Lipinski definition) is 8. The van der Waals surface area contributed by atoms with E-state index in [2.05, 4.69) is 25.5 Å². The molecule has 11 heteroatoms. The van der Waals surface area contributed by atoms with Crippen LogP contribution in [0.25, 0.3) is 16.6 Å². The third kappa shape index (κ3) is 3.60. The van der Waals surface area contributed by atoms with Gasteiger partial charge in [-0.25, -0.2) is 19.3 Å². The second-order valence-electron chi connectivity index (χ2n) is 5.76. The molecule has 0 bridgehead atoms. The number of carbonyl (C=O) groups excluding carboxylic acids is 1. The van der Waals surface area contributed by atoms with Crippen LogP contribution in [-0.4, -0.2) is 42.0 Å². The fraction of sp³-hybridized carbons (Fsp3) is 0.176. The molecule has 0 fully saturated rings. The van der Waals surface area contributed by atoms with Crippen LogP contribution < -0.4 is 10.9 Å². The van der Waals surface area contributed by atoms with Gasteiger partial charge >= 0.3 is 0 Å². The Kier molecular flexibility index (Phi) is 4.81. The first-order valence-electron chi connectivity index (χ1n) is 8.34. The maximum Gasteiger partial charge on any atom is 0.266 e. The molecule has 1 N–H and O–H groups in total. The fourth-order valence-electron chi connectivity index (χ4n) is 2.52. The normalized spacial score (nSPS) is 10.9. The molecule has 0 spiro atoms. The van der Waals surface area contributed by atoms with Crippen LogP contribution in [0.5, 0.6) is 0 Å². The zero-order valence-corrected chi connectivity index (χ0v) is 15.6. The Bertz CT molecular complexity index is 1150. The van der Waals surface area contributed by atoms with Gasteiger partial charge in [-0.3, -0.25) is 9.59 Å². The molecule has 4 aromatic rings. The molecule has 4 heterocycles. The maximum atomic E-state index is 12.5. The summed E-state index contributed by atoms with van der Waals surface area (Å²) in [6, 6.07) is 6.52. The standard InChI is InChI=1S/C17H15N7O3S/c1-11-15(28-17(21-11)12-3-2-8-27-12)16(26)19-6-7-23-14(25)5-4-13(22-23)24-10-18-9-20-24/h2-5,8-10H,6-7H2,1H3,(H,19,26). The number of hydrogen-bond donors (Lipinski definition) is 1. The zero-order chi connectivity index (χ0) is 19.5. The summed E-state index contributed by atoms with van der Waals surface area (Å²) in [6.45, 7) is 2.22. The Hall–Kier alpha value is -3.60. The van der Waals surface area contributed by atoms with E-state index in [1.165, 1.54) is 39.4 Å². The molecule has 0 saturated carbocycles. The molecule has 0 aliphatic carbocycles. The third-order valence-electron chi connectivity index (χ3n) is 3.85. The first kappa shape index (κ1) is 17.8. The first-order chi connectivity index (χ1) is 13.6. The van der Waals surface area contributed by atoms with Crippen LogP contribution in [0.4, 0.5) is 0 Å². The minimum absolute atomic E-state index is 0.218. The number of nitrogens with zero attached hydrogens (tertiary/aromatic N) is 6. The van der Waals surface area contributed by atoms with E-state index in [0.717, 1.165) is 0 Å². The molecular formula is C17H15N7O3S. The zero-order valence-electron chi connectivity index (χ0n) is 14.8. The van der Waals surface area contributed by atoms with Crippen LogP contribution in [0.15, 0.2) is 52.4 Å². The minimum Gasteiger partial charge on any atom is -0.462 e. The van der Waals surface area contributed by atoms with Crippen LogP contribution in [0.1, 0.15) is 15.4 Å². The fourth-order valence-corrected chi connectivity index (χ4v) is 3.47. The van der Waals surface area contributed by atoms with Gasteiger partial charge < -0.3 is 9.73 Å². The van der Waals surface area contributed by atoms with E-state index in [0.29, 0.717) is 27.2 Å². The lowest BCUT2D eigenvalue weighted by Crippen LogP contribution is -2.32. The van der Waals surface area contributed by atoms with Crippen molar-refractivity contribution in [2.24, 2.45) is 0 Å². The van der Waals surface area contributed by atoms with Crippen molar-refractivity contribution in [3.05, 3.63) is 64.1 Å². The lowest BCUT2D eigenvalue weighted by Gasteiger charge is -2.07. The quantitative estimate of drug-likeness (QED) is 0.520. The predicted octanol–water partition coefficient (Wildman–Crippen LogP) is 1.28.